The SMILES string of the molecule is [O-][S+](c1ccc(-c2nnc(-c3ccccc3)[nH]2)cc1C(F)(F)F)N1CCOCC1. The lowest BCUT2D eigenvalue weighted by atomic mass is 10.1. The van der Waals surface area contributed by atoms with Crippen LogP contribution in [0.5, 0.6) is 0 Å². The maximum Gasteiger partial charge on any atom is 0.421 e. The number of aromatic nitrogens is 3. The highest BCUT2D eigenvalue weighted by molar-refractivity contribution is 7.89. The van der Waals surface area contributed by atoms with E-state index in [4.69, 9.17) is 4.74 Å². The third-order valence-electron chi connectivity index (χ3n) is 4.49. The van der Waals surface area contributed by atoms with Crippen molar-refractivity contribution in [3.8, 4) is 22.8 Å². The topological polar surface area (TPSA) is 77.1 Å². The number of ether oxygens (including phenoxy) is 1. The number of rotatable bonds is 4. The summed E-state index contributed by atoms with van der Waals surface area (Å²) >= 11 is -1.93. The number of nitrogens with zero attached hydrogens (tertiary/aromatic N) is 3. The zero-order valence-corrected chi connectivity index (χ0v) is 16.0. The monoisotopic (exact) mass is 422 g/mol. The average molecular weight is 422 g/mol. The van der Waals surface area contributed by atoms with Gasteiger partial charge >= 0.3 is 6.18 Å². The van der Waals surface area contributed by atoms with Crippen LogP contribution in [0.1, 0.15) is 5.56 Å². The van der Waals surface area contributed by atoms with E-state index in [1.54, 1.807) is 0 Å². The van der Waals surface area contributed by atoms with Crippen molar-refractivity contribution in [1.29, 1.82) is 0 Å². The fraction of sp³-hybridized carbons (Fsp3) is 0.263. The van der Waals surface area contributed by atoms with Crippen LogP contribution in [0, 0.1) is 0 Å². The van der Waals surface area contributed by atoms with Crippen LogP contribution in [0.2, 0.25) is 0 Å². The molecule has 0 aliphatic carbocycles. The summed E-state index contributed by atoms with van der Waals surface area (Å²) in [6.45, 7) is 1.30. The van der Waals surface area contributed by atoms with Gasteiger partial charge < -0.3 is 14.3 Å². The van der Waals surface area contributed by atoms with Gasteiger partial charge in [0.05, 0.1) is 37.7 Å². The molecule has 152 valence electrons. The molecule has 0 bridgehead atoms. The standard InChI is InChI=1S/C19H17F3N4O2S/c20-19(21,22)15-12-14(6-7-16(15)29(27)26-8-10-28-11-9-26)18-23-17(24-25-18)13-4-2-1-3-5-13/h1-7,12H,8-11H2,(H,23,24,25). The third kappa shape index (κ3) is 4.30. The molecule has 1 aliphatic heterocycles. The lowest BCUT2D eigenvalue weighted by Crippen LogP contribution is -2.41. The lowest BCUT2D eigenvalue weighted by Gasteiger charge is -2.28. The van der Waals surface area contributed by atoms with Crippen molar-refractivity contribution in [2.24, 2.45) is 0 Å². The molecule has 1 atom stereocenters. The van der Waals surface area contributed by atoms with Gasteiger partial charge in [-0.25, -0.2) is 0 Å². The van der Waals surface area contributed by atoms with Gasteiger partial charge in [0.25, 0.3) is 0 Å². The van der Waals surface area contributed by atoms with E-state index >= 15 is 0 Å². The van der Waals surface area contributed by atoms with E-state index in [0.717, 1.165) is 11.6 Å². The second-order valence-electron chi connectivity index (χ2n) is 6.39. The molecule has 1 fully saturated rings. The number of morpholine rings is 1. The van der Waals surface area contributed by atoms with Crippen molar-refractivity contribution in [2.45, 2.75) is 11.1 Å². The van der Waals surface area contributed by atoms with E-state index < -0.39 is 23.1 Å². The van der Waals surface area contributed by atoms with Gasteiger partial charge in [0.15, 0.2) is 16.5 Å². The molecule has 6 nitrogen and oxygen atoms in total. The fourth-order valence-electron chi connectivity index (χ4n) is 3.02. The summed E-state index contributed by atoms with van der Waals surface area (Å²) in [6, 6.07) is 12.8. The number of aromatic amines is 1. The lowest BCUT2D eigenvalue weighted by molar-refractivity contribution is -0.139. The highest BCUT2D eigenvalue weighted by Crippen LogP contribution is 2.37. The first-order valence-corrected chi connectivity index (χ1v) is 9.98. The highest BCUT2D eigenvalue weighted by Gasteiger charge is 2.40. The molecule has 0 spiro atoms. The number of H-pyrrole nitrogens is 1. The zero-order valence-electron chi connectivity index (χ0n) is 15.1. The van der Waals surface area contributed by atoms with E-state index in [9.17, 15) is 17.7 Å². The van der Waals surface area contributed by atoms with E-state index in [1.807, 2.05) is 30.3 Å². The normalized spacial score (nSPS) is 16.7. The van der Waals surface area contributed by atoms with Gasteiger partial charge in [0, 0.05) is 11.1 Å². The van der Waals surface area contributed by atoms with E-state index in [-0.39, 0.29) is 16.3 Å². The van der Waals surface area contributed by atoms with Crippen LogP contribution in [0.4, 0.5) is 13.2 Å². The number of alkyl halides is 3. The van der Waals surface area contributed by atoms with Gasteiger partial charge in [-0.05, 0) is 18.2 Å². The number of benzene rings is 2. The Labute approximate surface area is 168 Å². The van der Waals surface area contributed by atoms with Crippen molar-refractivity contribution in [3.63, 3.8) is 0 Å². The second-order valence-corrected chi connectivity index (χ2v) is 7.84. The second kappa shape index (κ2) is 8.15. The van der Waals surface area contributed by atoms with Crippen LogP contribution in [-0.2, 0) is 22.3 Å². The average Bonchev–Trinajstić information content (AvgIpc) is 3.24. The predicted octanol–water partition coefficient (Wildman–Crippen LogP) is 3.51. The van der Waals surface area contributed by atoms with Crippen molar-refractivity contribution in [3.05, 3.63) is 54.1 Å². The molecule has 1 aliphatic rings. The largest absolute Gasteiger partial charge is 0.593 e. The first-order valence-electron chi connectivity index (χ1n) is 8.88. The molecule has 1 aromatic heterocycles. The number of hydrogen-bond acceptors (Lipinski definition) is 5. The Kier molecular flexibility index (Phi) is 5.59. The number of nitrogens with one attached hydrogen (secondary N) is 1. The van der Waals surface area contributed by atoms with Crippen LogP contribution in [-0.4, -0.2) is 50.3 Å². The Morgan fingerprint density at radius 2 is 1.62 bits per heavy atom. The zero-order chi connectivity index (χ0) is 20.4. The molecule has 10 heteroatoms. The van der Waals surface area contributed by atoms with Gasteiger partial charge in [-0.15, -0.1) is 14.5 Å². The number of hydrogen-bond donors (Lipinski definition) is 1. The van der Waals surface area contributed by atoms with Crippen LogP contribution in [0.25, 0.3) is 22.8 Å². The van der Waals surface area contributed by atoms with Gasteiger partial charge in [-0.3, -0.25) is 0 Å². The molecule has 2 heterocycles. The minimum atomic E-state index is -4.66. The molecule has 4 rings (SSSR count). The van der Waals surface area contributed by atoms with Crippen molar-refractivity contribution >= 4 is 11.4 Å². The van der Waals surface area contributed by atoms with Gasteiger partial charge in [0.2, 0.25) is 0 Å². The molecule has 0 amide bonds. The first-order chi connectivity index (χ1) is 13.9. The Balaban J connectivity index is 1.68. The predicted molar refractivity (Wildman–Crippen MR) is 101 cm³/mol. The molecule has 1 unspecified atom stereocenters. The molecule has 2 aromatic carbocycles. The molecular weight excluding hydrogens is 405 g/mol. The van der Waals surface area contributed by atoms with Crippen LogP contribution in [0.3, 0.4) is 0 Å². The Morgan fingerprint density at radius 1 is 0.966 bits per heavy atom. The van der Waals surface area contributed by atoms with E-state index in [0.29, 0.717) is 32.1 Å². The third-order valence-corrected chi connectivity index (χ3v) is 6.05. The minimum Gasteiger partial charge on any atom is -0.593 e. The van der Waals surface area contributed by atoms with Gasteiger partial charge in [-0.2, -0.15) is 13.2 Å². The molecule has 0 radical (unpaired) electrons. The first kappa shape index (κ1) is 19.9. The van der Waals surface area contributed by atoms with Crippen molar-refractivity contribution in [1.82, 2.24) is 19.5 Å². The molecule has 1 N–H and O–H groups in total. The minimum absolute atomic E-state index is 0.207. The summed E-state index contributed by atoms with van der Waals surface area (Å²) in [5, 5.41) is 7.99. The smallest absolute Gasteiger partial charge is 0.421 e. The quantitative estimate of drug-likeness (QED) is 0.651. The molecule has 3 aromatic rings. The summed E-state index contributed by atoms with van der Waals surface area (Å²) in [7, 11) is 0. The van der Waals surface area contributed by atoms with Gasteiger partial charge in [0.1, 0.15) is 5.56 Å². The highest BCUT2D eigenvalue weighted by atomic mass is 32.2. The Morgan fingerprint density at radius 3 is 2.28 bits per heavy atom. The van der Waals surface area contributed by atoms with E-state index in [1.165, 1.54) is 16.4 Å². The van der Waals surface area contributed by atoms with Crippen LogP contribution in [0.15, 0.2) is 53.4 Å². The Hall–Kier alpha value is -2.40. The van der Waals surface area contributed by atoms with E-state index in [2.05, 4.69) is 15.2 Å². The van der Waals surface area contributed by atoms with Crippen molar-refractivity contribution in [2.75, 3.05) is 26.3 Å². The molecule has 1 saturated heterocycles. The van der Waals surface area contributed by atoms with Crippen LogP contribution >= 0.6 is 0 Å². The summed E-state index contributed by atoms with van der Waals surface area (Å²) in [5.41, 5.74) is 0.0413. The maximum atomic E-state index is 13.7. The Bertz CT molecular complexity index is 975. The maximum absolute atomic E-state index is 13.7. The summed E-state index contributed by atoms with van der Waals surface area (Å²) in [4.78, 5) is 2.67. The molecular formula is C19H17F3N4O2S. The number of halogens is 3. The molecule has 29 heavy (non-hydrogen) atoms. The molecule has 0 saturated carbocycles. The summed E-state index contributed by atoms with van der Waals surface area (Å²) < 4.78 is 60.6. The van der Waals surface area contributed by atoms with Gasteiger partial charge in [-0.1, -0.05) is 30.3 Å². The summed E-state index contributed by atoms with van der Waals surface area (Å²) in [5.74, 6) is 0.660. The van der Waals surface area contributed by atoms with Crippen LogP contribution < -0.4 is 0 Å². The van der Waals surface area contributed by atoms with Crippen molar-refractivity contribution < 1.29 is 22.5 Å². The fourth-order valence-corrected chi connectivity index (χ4v) is 4.33. The summed E-state index contributed by atoms with van der Waals surface area (Å²) in [6.07, 6.45) is -4.66.